The van der Waals surface area contributed by atoms with Crippen molar-refractivity contribution >= 4 is 11.6 Å². The molecular formula is C16H22N4O. The molecule has 21 heavy (non-hydrogen) atoms. The third kappa shape index (κ3) is 4.08. The number of anilines is 1. The molecule has 5 nitrogen and oxygen atoms in total. The summed E-state index contributed by atoms with van der Waals surface area (Å²) in [6.07, 6.45) is 4.56. The Hall–Kier alpha value is -2.30. The van der Waals surface area contributed by atoms with E-state index in [0.29, 0.717) is 12.1 Å². The van der Waals surface area contributed by atoms with Crippen LogP contribution in [0.3, 0.4) is 0 Å². The van der Waals surface area contributed by atoms with Crippen molar-refractivity contribution in [2.75, 3.05) is 18.4 Å². The van der Waals surface area contributed by atoms with E-state index in [9.17, 15) is 4.79 Å². The molecule has 1 heterocycles. The van der Waals surface area contributed by atoms with Gasteiger partial charge in [-0.1, -0.05) is 11.6 Å². The van der Waals surface area contributed by atoms with Crippen LogP contribution in [0.5, 0.6) is 0 Å². The summed E-state index contributed by atoms with van der Waals surface area (Å²) in [5, 5.41) is 10.3. The van der Waals surface area contributed by atoms with Crippen molar-refractivity contribution in [2.24, 2.45) is 7.05 Å². The summed E-state index contributed by atoms with van der Waals surface area (Å²) in [5.74, 6) is -0.0430. The van der Waals surface area contributed by atoms with Crippen LogP contribution in [0.15, 0.2) is 30.6 Å². The predicted octanol–water partition coefficient (Wildman–Crippen LogP) is 2.13. The van der Waals surface area contributed by atoms with Crippen LogP contribution in [-0.4, -0.2) is 28.8 Å². The lowest BCUT2D eigenvalue weighted by molar-refractivity contribution is 0.0955. The smallest absolute Gasteiger partial charge is 0.253 e. The number of carbonyl (C=O) groups is 1. The fourth-order valence-electron chi connectivity index (χ4n) is 2.21. The highest BCUT2D eigenvalue weighted by Crippen LogP contribution is 2.17. The lowest BCUT2D eigenvalue weighted by Gasteiger charge is -2.12. The zero-order valence-corrected chi connectivity index (χ0v) is 12.8. The maximum Gasteiger partial charge on any atom is 0.253 e. The van der Waals surface area contributed by atoms with Gasteiger partial charge in [0.25, 0.3) is 5.91 Å². The molecule has 0 fully saturated rings. The molecule has 0 aliphatic heterocycles. The van der Waals surface area contributed by atoms with Crippen molar-refractivity contribution in [3.8, 4) is 0 Å². The number of carbonyl (C=O) groups excluding carboxylic acids is 1. The molecule has 0 saturated heterocycles. The lowest BCUT2D eigenvalue weighted by atomic mass is 10.1. The summed E-state index contributed by atoms with van der Waals surface area (Å²) >= 11 is 0. The SMILES string of the molecule is CCNc1ccc(C)cc1C(=O)NCCc1cnn(C)c1. The molecule has 2 aromatic rings. The van der Waals surface area contributed by atoms with Crippen LogP contribution < -0.4 is 10.6 Å². The van der Waals surface area contributed by atoms with Gasteiger partial charge >= 0.3 is 0 Å². The van der Waals surface area contributed by atoms with Gasteiger partial charge in [-0.15, -0.1) is 0 Å². The van der Waals surface area contributed by atoms with Gasteiger partial charge in [0.2, 0.25) is 0 Å². The summed E-state index contributed by atoms with van der Waals surface area (Å²) in [6.45, 7) is 5.40. The largest absolute Gasteiger partial charge is 0.385 e. The van der Waals surface area contributed by atoms with Gasteiger partial charge in [0, 0.05) is 32.0 Å². The average molecular weight is 286 g/mol. The van der Waals surface area contributed by atoms with E-state index in [1.54, 1.807) is 4.68 Å². The fraction of sp³-hybridized carbons (Fsp3) is 0.375. The van der Waals surface area contributed by atoms with Crippen molar-refractivity contribution < 1.29 is 4.79 Å². The highest BCUT2D eigenvalue weighted by Gasteiger charge is 2.11. The molecular weight excluding hydrogens is 264 g/mol. The number of amides is 1. The first-order valence-corrected chi connectivity index (χ1v) is 7.20. The first kappa shape index (κ1) is 15.1. The highest BCUT2D eigenvalue weighted by molar-refractivity contribution is 5.99. The van der Waals surface area contributed by atoms with Gasteiger partial charge < -0.3 is 10.6 Å². The topological polar surface area (TPSA) is 59.0 Å². The number of rotatable bonds is 6. The van der Waals surface area contributed by atoms with Gasteiger partial charge in [0.1, 0.15) is 0 Å². The van der Waals surface area contributed by atoms with Crippen LogP contribution in [0, 0.1) is 6.92 Å². The summed E-state index contributed by atoms with van der Waals surface area (Å²) in [4.78, 5) is 12.3. The molecule has 0 saturated carbocycles. The molecule has 1 amide bonds. The lowest BCUT2D eigenvalue weighted by Crippen LogP contribution is -2.26. The summed E-state index contributed by atoms with van der Waals surface area (Å²) < 4.78 is 1.76. The Morgan fingerprint density at radius 3 is 2.86 bits per heavy atom. The number of aryl methyl sites for hydroxylation is 2. The normalized spacial score (nSPS) is 10.4. The van der Waals surface area contributed by atoms with Crippen molar-refractivity contribution in [3.63, 3.8) is 0 Å². The summed E-state index contributed by atoms with van der Waals surface area (Å²) in [7, 11) is 1.89. The molecule has 2 rings (SSSR count). The Morgan fingerprint density at radius 1 is 1.38 bits per heavy atom. The zero-order valence-electron chi connectivity index (χ0n) is 12.8. The Morgan fingerprint density at radius 2 is 2.19 bits per heavy atom. The molecule has 0 radical (unpaired) electrons. The second-order valence-electron chi connectivity index (χ2n) is 5.11. The highest BCUT2D eigenvalue weighted by atomic mass is 16.1. The predicted molar refractivity (Wildman–Crippen MR) is 84.6 cm³/mol. The van der Waals surface area contributed by atoms with Gasteiger partial charge in [-0.2, -0.15) is 5.10 Å². The maximum absolute atomic E-state index is 12.3. The third-order valence-electron chi connectivity index (χ3n) is 3.24. The van der Waals surface area contributed by atoms with Crippen LogP contribution in [0.1, 0.15) is 28.4 Å². The minimum Gasteiger partial charge on any atom is -0.385 e. The molecule has 0 atom stereocenters. The number of hydrogen-bond donors (Lipinski definition) is 2. The van der Waals surface area contributed by atoms with Crippen molar-refractivity contribution in [1.82, 2.24) is 15.1 Å². The molecule has 0 spiro atoms. The minimum absolute atomic E-state index is 0.0430. The Labute approximate surface area is 125 Å². The fourth-order valence-corrected chi connectivity index (χ4v) is 2.21. The molecule has 0 aliphatic rings. The molecule has 0 unspecified atom stereocenters. The molecule has 112 valence electrons. The monoisotopic (exact) mass is 286 g/mol. The number of benzene rings is 1. The van der Waals surface area contributed by atoms with Crippen LogP contribution in [-0.2, 0) is 13.5 Å². The number of nitrogens with one attached hydrogen (secondary N) is 2. The number of hydrogen-bond acceptors (Lipinski definition) is 3. The third-order valence-corrected chi connectivity index (χ3v) is 3.24. The van der Waals surface area contributed by atoms with E-state index in [4.69, 9.17) is 0 Å². The van der Waals surface area contributed by atoms with E-state index in [2.05, 4.69) is 15.7 Å². The zero-order chi connectivity index (χ0) is 15.2. The van der Waals surface area contributed by atoms with Gasteiger partial charge in [-0.3, -0.25) is 9.48 Å². The molecule has 1 aromatic carbocycles. The molecule has 2 N–H and O–H groups in total. The quantitative estimate of drug-likeness (QED) is 0.855. The van der Waals surface area contributed by atoms with Crippen molar-refractivity contribution in [2.45, 2.75) is 20.3 Å². The first-order valence-electron chi connectivity index (χ1n) is 7.20. The van der Waals surface area contributed by atoms with Crippen molar-refractivity contribution in [3.05, 3.63) is 47.3 Å². The average Bonchev–Trinajstić information content (AvgIpc) is 2.86. The van der Waals surface area contributed by atoms with E-state index >= 15 is 0 Å². The van der Waals surface area contributed by atoms with Crippen LogP contribution >= 0.6 is 0 Å². The maximum atomic E-state index is 12.3. The van der Waals surface area contributed by atoms with E-state index in [0.717, 1.165) is 29.8 Å². The van der Waals surface area contributed by atoms with Crippen LogP contribution in [0.25, 0.3) is 0 Å². The molecule has 1 aromatic heterocycles. The second-order valence-corrected chi connectivity index (χ2v) is 5.11. The van der Waals surface area contributed by atoms with E-state index in [1.165, 1.54) is 0 Å². The first-order chi connectivity index (χ1) is 10.1. The van der Waals surface area contributed by atoms with Gasteiger partial charge in [-0.05, 0) is 38.0 Å². The standard InChI is InChI=1S/C16H22N4O/c1-4-17-15-6-5-12(2)9-14(15)16(21)18-8-7-13-10-19-20(3)11-13/h5-6,9-11,17H,4,7-8H2,1-3H3,(H,18,21). The molecule has 0 bridgehead atoms. The number of nitrogens with zero attached hydrogens (tertiary/aromatic N) is 2. The van der Waals surface area contributed by atoms with Gasteiger partial charge in [0.05, 0.1) is 11.8 Å². The van der Waals surface area contributed by atoms with E-state index in [-0.39, 0.29) is 5.91 Å². The van der Waals surface area contributed by atoms with Gasteiger partial charge in [-0.25, -0.2) is 0 Å². The Bertz CT molecular complexity index is 618. The van der Waals surface area contributed by atoms with Crippen molar-refractivity contribution in [1.29, 1.82) is 0 Å². The molecule has 0 aliphatic carbocycles. The van der Waals surface area contributed by atoms with E-state index < -0.39 is 0 Å². The second kappa shape index (κ2) is 6.92. The summed E-state index contributed by atoms with van der Waals surface area (Å²) in [6, 6.07) is 5.87. The van der Waals surface area contributed by atoms with Crippen LogP contribution in [0.2, 0.25) is 0 Å². The summed E-state index contributed by atoms with van der Waals surface area (Å²) in [5.41, 5.74) is 3.77. The molecule has 5 heteroatoms. The number of aromatic nitrogens is 2. The Balaban J connectivity index is 1.97. The van der Waals surface area contributed by atoms with Gasteiger partial charge in [0.15, 0.2) is 0 Å². The van der Waals surface area contributed by atoms with E-state index in [1.807, 2.05) is 51.5 Å². The minimum atomic E-state index is -0.0430. The van der Waals surface area contributed by atoms with Crippen LogP contribution in [0.4, 0.5) is 5.69 Å². The Kier molecular flexibility index (Phi) is 4.98.